The Morgan fingerprint density at radius 1 is 1.07 bits per heavy atom. The normalized spacial score (nSPS) is 34.6. The highest BCUT2D eigenvalue weighted by atomic mass is 32.2. The van der Waals surface area contributed by atoms with Crippen LogP contribution in [0.1, 0.15) is 43.2 Å². The fourth-order valence-electron chi connectivity index (χ4n) is 9.03. The monoisotopic (exact) mass is 591 g/mol. The van der Waals surface area contributed by atoms with E-state index in [1.165, 1.54) is 0 Å². The molecule has 0 aromatic heterocycles. The van der Waals surface area contributed by atoms with Crippen molar-refractivity contribution in [3.8, 4) is 11.5 Å². The third-order valence-corrected chi connectivity index (χ3v) is 12.5. The number of phenols is 1. The molecule has 2 unspecified atom stereocenters. The van der Waals surface area contributed by atoms with Gasteiger partial charge in [-0.15, -0.1) is 0 Å². The van der Waals surface area contributed by atoms with Crippen molar-refractivity contribution in [3.63, 3.8) is 0 Å². The van der Waals surface area contributed by atoms with Crippen molar-refractivity contribution in [2.75, 3.05) is 32.1 Å². The lowest BCUT2D eigenvalue weighted by Crippen LogP contribution is -2.81. The maximum atomic E-state index is 14.4. The molecule has 42 heavy (non-hydrogen) atoms. The topological polar surface area (TPSA) is 122 Å². The minimum Gasteiger partial charge on any atom is -0.632 e. The van der Waals surface area contributed by atoms with Crippen molar-refractivity contribution in [3.05, 3.63) is 64.9 Å². The van der Waals surface area contributed by atoms with E-state index in [-0.39, 0.29) is 17.1 Å². The van der Waals surface area contributed by atoms with Gasteiger partial charge in [-0.1, -0.05) is 30.3 Å². The van der Waals surface area contributed by atoms with Crippen molar-refractivity contribution >= 4 is 26.5 Å². The van der Waals surface area contributed by atoms with Crippen LogP contribution >= 0.6 is 0 Å². The van der Waals surface area contributed by atoms with Crippen LogP contribution in [0.2, 0.25) is 0 Å². The maximum absolute atomic E-state index is 14.4. The lowest BCUT2D eigenvalue weighted by molar-refractivity contribution is -0.924. The van der Waals surface area contributed by atoms with Crippen molar-refractivity contribution in [2.24, 2.45) is 5.92 Å². The Bertz CT molecular complexity index is 1740. The van der Waals surface area contributed by atoms with Crippen molar-refractivity contribution < 1.29 is 28.0 Å². The highest BCUT2D eigenvalue weighted by Gasteiger charge is 2.76. The number of ether oxygens (including phenoxy) is 1. The molecular formula is C32H37N3O6S. The number of rotatable bonds is 6. The fraction of sp³-hybridized carbons (Fsp3) is 0.500. The highest BCUT2D eigenvalue weighted by Crippen LogP contribution is 2.66. The molecule has 0 amide bonds. The van der Waals surface area contributed by atoms with Gasteiger partial charge in [0.15, 0.2) is 11.5 Å². The first-order valence-electron chi connectivity index (χ1n) is 15.0. The number of hydrogen-bond donors (Lipinski definition) is 3. The molecule has 2 saturated carbocycles. The smallest absolute Gasteiger partial charge is 0.241 e. The number of hydrogen-bond acceptors (Lipinski definition) is 7. The molecule has 1 spiro atoms. The zero-order valence-electron chi connectivity index (χ0n) is 23.9. The van der Waals surface area contributed by atoms with Gasteiger partial charge >= 0.3 is 0 Å². The first-order chi connectivity index (χ1) is 20.0. The van der Waals surface area contributed by atoms with Crippen molar-refractivity contribution in [1.29, 1.82) is 0 Å². The van der Waals surface area contributed by atoms with Gasteiger partial charge in [0.1, 0.15) is 17.7 Å². The van der Waals surface area contributed by atoms with Gasteiger partial charge in [0, 0.05) is 54.9 Å². The minimum atomic E-state index is -4.01. The Morgan fingerprint density at radius 2 is 1.83 bits per heavy atom. The van der Waals surface area contributed by atoms with E-state index in [9.17, 15) is 23.8 Å². The van der Waals surface area contributed by atoms with Crippen LogP contribution in [0.15, 0.2) is 53.4 Å². The standard InChI is InChI=1S/C32H37N3O6S/c1-34(2)24-7-3-6-22-21(24)5-4-8-26(22)42(39,40)33-23-13-14-32(37)27-17-20-11-12-25(36)29-28(20)31(32,30(23)41-29)15-16-35(27,38)18-19-9-10-19/h3-8,11-12,19,23,27,30,33,36-37H,9-10,13-18H2,1-2H3/t23-,27-,30+,31?,32-,35?/m1/s1. The number of hydroxylamine groups is 3. The number of anilines is 1. The summed E-state index contributed by atoms with van der Waals surface area (Å²) < 4.78 is 37.3. The van der Waals surface area contributed by atoms with Gasteiger partial charge in [0.05, 0.1) is 29.4 Å². The van der Waals surface area contributed by atoms with E-state index in [2.05, 4.69) is 4.72 Å². The minimum absolute atomic E-state index is 0.0170. The van der Waals surface area contributed by atoms with E-state index < -0.39 is 43.9 Å². The van der Waals surface area contributed by atoms with Crippen LogP contribution in [0, 0.1) is 11.1 Å². The molecule has 2 heterocycles. The molecule has 9 nitrogen and oxygen atoms in total. The highest BCUT2D eigenvalue weighted by molar-refractivity contribution is 7.89. The van der Waals surface area contributed by atoms with Gasteiger partial charge in [0.2, 0.25) is 10.0 Å². The Balaban J connectivity index is 1.22. The number of phenolic OH excluding ortho intramolecular Hbond substituents is 1. The number of aromatic hydroxyl groups is 1. The number of benzene rings is 3. The second-order valence-electron chi connectivity index (χ2n) is 13.4. The molecule has 0 radical (unpaired) electrons. The number of nitrogens with one attached hydrogen (secondary N) is 1. The van der Waals surface area contributed by atoms with Gasteiger partial charge in [-0.2, -0.15) is 0 Å². The van der Waals surface area contributed by atoms with E-state index in [0.29, 0.717) is 49.4 Å². The van der Waals surface area contributed by atoms with Gasteiger partial charge in [-0.05, 0) is 49.4 Å². The first-order valence-corrected chi connectivity index (χ1v) is 16.5. The predicted octanol–water partition coefficient (Wildman–Crippen LogP) is 3.54. The zero-order chi connectivity index (χ0) is 29.2. The average Bonchev–Trinajstić information content (AvgIpc) is 3.68. The molecule has 222 valence electrons. The van der Waals surface area contributed by atoms with Crippen molar-refractivity contribution in [2.45, 2.75) is 72.6 Å². The Morgan fingerprint density at radius 3 is 2.60 bits per heavy atom. The SMILES string of the molecule is CN(C)c1cccc2c(S(=O)(=O)N[C@@H]3CC[C@@]4(O)[C@H]5Cc6ccc(O)c7c6C4(CC[N+]5([O-])CC4CC4)[C@H]3O7)cccc12. The second kappa shape index (κ2) is 8.60. The van der Waals surface area contributed by atoms with Crippen LogP contribution in [0.25, 0.3) is 10.8 Å². The molecule has 3 fully saturated rings. The molecule has 3 aliphatic carbocycles. The van der Waals surface area contributed by atoms with Gasteiger partial charge in [-0.25, -0.2) is 13.1 Å². The summed E-state index contributed by atoms with van der Waals surface area (Å²) in [5.41, 5.74) is 0.276. The summed E-state index contributed by atoms with van der Waals surface area (Å²) in [5, 5.41) is 39.5. The average molecular weight is 592 g/mol. The summed E-state index contributed by atoms with van der Waals surface area (Å²) in [6, 6.07) is 13.2. The lowest BCUT2D eigenvalue weighted by Gasteiger charge is -2.68. The zero-order valence-corrected chi connectivity index (χ0v) is 24.7. The summed E-state index contributed by atoms with van der Waals surface area (Å²) in [6.07, 6.45) is 2.78. The molecule has 10 heteroatoms. The molecule has 3 N–H and O–H groups in total. The number of sulfonamides is 1. The van der Waals surface area contributed by atoms with Crippen molar-refractivity contribution in [1.82, 2.24) is 4.72 Å². The first kappa shape index (κ1) is 26.7. The number of nitrogens with zero attached hydrogens (tertiary/aromatic N) is 2. The van der Waals surface area contributed by atoms with Gasteiger partial charge < -0.3 is 29.7 Å². The molecule has 6 atom stereocenters. The van der Waals surface area contributed by atoms with Crippen LogP contribution in [0.5, 0.6) is 11.5 Å². The van der Waals surface area contributed by atoms with Gasteiger partial charge in [0.25, 0.3) is 0 Å². The Labute approximate surface area is 245 Å². The summed E-state index contributed by atoms with van der Waals surface area (Å²) in [4.78, 5) is 2.15. The van der Waals surface area contributed by atoms with Crippen LogP contribution < -0.4 is 14.4 Å². The summed E-state index contributed by atoms with van der Waals surface area (Å²) >= 11 is 0. The van der Waals surface area contributed by atoms with E-state index in [1.54, 1.807) is 18.2 Å². The fourth-order valence-corrected chi connectivity index (χ4v) is 10.5. The van der Waals surface area contributed by atoms with Crippen LogP contribution in [-0.4, -0.2) is 74.3 Å². The lowest BCUT2D eigenvalue weighted by atomic mass is 9.48. The molecular weight excluding hydrogens is 554 g/mol. The molecule has 2 bridgehead atoms. The largest absolute Gasteiger partial charge is 0.632 e. The number of likely N-dealkylation sites (tertiary alicyclic amines) is 1. The molecule has 1 saturated heterocycles. The molecule has 5 aliphatic rings. The molecule has 3 aromatic rings. The van der Waals surface area contributed by atoms with Crippen LogP contribution in [-0.2, 0) is 21.9 Å². The molecule has 2 aliphatic heterocycles. The third kappa shape index (κ3) is 3.41. The van der Waals surface area contributed by atoms with E-state index >= 15 is 0 Å². The number of piperidine rings is 1. The predicted molar refractivity (Wildman–Crippen MR) is 159 cm³/mol. The van der Waals surface area contributed by atoms with Crippen LogP contribution in [0.4, 0.5) is 5.69 Å². The molecule has 3 aromatic carbocycles. The summed E-state index contributed by atoms with van der Waals surface area (Å²) in [6.45, 7) is 0.856. The number of fused-ring (bicyclic) bond motifs is 1. The molecule has 8 rings (SSSR count). The third-order valence-electron chi connectivity index (χ3n) is 11.0. The Kier molecular flexibility index (Phi) is 5.47. The van der Waals surface area contributed by atoms with E-state index in [4.69, 9.17) is 4.74 Å². The Hall–Kier alpha value is -2.89. The summed E-state index contributed by atoms with van der Waals surface area (Å²) in [7, 11) is -0.159. The quantitative estimate of drug-likeness (QED) is 0.296. The maximum Gasteiger partial charge on any atom is 0.241 e. The van der Waals surface area contributed by atoms with Crippen LogP contribution in [0.3, 0.4) is 0 Å². The summed E-state index contributed by atoms with van der Waals surface area (Å²) in [5.74, 6) is 0.718. The number of aliphatic hydroxyl groups is 1. The van der Waals surface area contributed by atoms with E-state index in [0.717, 1.165) is 35.0 Å². The van der Waals surface area contributed by atoms with Gasteiger partial charge in [-0.3, -0.25) is 0 Å². The van der Waals surface area contributed by atoms with E-state index in [1.807, 2.05) is 49.3 Å². The second-order valence-corrected chi connectivity index (χ2v) is 15.1. The number of quaternary nitrogens is 1.